The van der Waals surface area contributed by atoms with E-state index in [1.54, 1.807) is 6.07 Å². The molecule has 2 aliphatic rings. The quantitative estimate of drug-likeness (QED) is 0.374. The normalized spacial score (nSPS) is 27.8. The molecule has 1 aliphatic carbocycles. The van der Waals surface area contributed by atoms with Crippen molar-refractivity contribution in [2.75, 3.05) is 13.2 Å². The Morgan fingerprint density at radius 1 is 0.862 bits per heavy atom. The summed E-state index contributed by atoms with van der Waals surface area (Å²) in [5.74, 6) is 2.06. The number of halogens is 1. The maximum Gasteiger partial charge on any atom is 0.183 e. The highest BCUT2D eigenvalue weighted by Gasteiger charge is 2.32. The fraction of sp³-hybridized carbons (Fsp3) is 0.769. The van der Waals surface area contributed by atoms with Crippen molar-refractivity contribution in [2.45, 2.75) is 97.2 Å². The minimum absolute atomic E-state index is 0.116. The summed E-state index contributed by atoms with van der Waals surface area (Å²) in [5, 5.41) is 0. The van der Waals surface area contributed by atoms with Gasteiger partial charge in [0.2, 0.25) is 0 Å². The molecule has 0 radical (unpaired) electrons. The van der Waals surface area contributed by atoms with Gasteiger partial charge in [-0.2, -0.15) is 0 Å². The Labute approximate surface area is 177 Å². The second-order valence-electron chi connectivity index (χ2n) is 9.34. The molecule has 0 atom stereocenters. The van der Waals surface area contributed by atoms with Crippen LogP contribution in [0, 0.1) is 23.6 Å². The van der Waals surface area contributed by atoms with Gasteiger partial charge in [-0.25, -0.2) is 4.39 Å². The van der Waals surface area contributed by atoms with E-state index < -0.39 is 6.29 Å². The first-order valence-corrected chi connectivity index (χ1v) is 12.2. The van der Waals surface area contributed by atoms with Gasteiger partial charge in [-0.15, -0.1) is 0 Å². The van der Waals surface area contributed by atoms with Crippen molar-refractivity contribution in [1.82, 2.24) is 0 Å². The molecule has 0 amide bonds. The molecular weight excluding hydrogens is 363 g/mol. The maximum atomic E-state index is 14.4. The second-order valence-corrected chi connectivity index (χ2v) is 9.34. The minimum atomic E-state index is -0.407. The smallest absolute Gasteiger partial charge is 0.183 e. The second kappa shape index (κ2) is 12.1. The monoisotopic (exact) mass is 404 g/mol. The molecule has 0 N–H and O–H groups in total. The van der Waals surface area contributed by atoms with Crippen LogP contribution in [0.5, 0.6) is 0 Å². The summed E-state index contributed by atoms with van der Waals surface area (Å²) < 4.78 is 26.5. The van der Waals surface area contributed by atoms with Crippen LogP contribution in [0.2, 0.25) is 0 Å². The number of hydrogen-bond acceptors (Lipinski definition) is 2. The average Bonchev–Trinajstić information content (AvgIpc) is 2.76. The third kappa shape index (κ3) is 6.79. The van der Waals surface area contributed by atoms with Crippen LogP contribution in [0.3, 0.4) is 0 Å². The number of rotatable bonds is 10. The van der Waals surface area contributed by atoms with Crippen molar-refractivity contribution < 1.29 is 13.9 Å². The first-order chi connectivity index (χ1) is 14.2. The Morgan fingerprint density at radius 2 is 1.55 bits per heavy atom. The Morgan fingerprint density at radius 3 is 2.21 bits per heavy atom. The molecule has 1 saturated carbocycles. The number of unbranched alkanes of at least 4 members (excludes halogenated alkanes) is 4. The zero-order valence-electron chi connectivity index (χ0n) is 18.6. The lowest BCUT2D eigenvalue weighted by atomic mass is 9.74. The standard InChI is InChI=1S/C26H41FO2/c1-3-5-7-9-20-11-13-21(14-12-20)24-18-28-26(29-19-24)23-16-15-22(25(27)17-23)10-8-6-4-2/h15-17,20-21,24,26H,3-14,18-19H2,1-2H3/t20?,21?,24-,26-. The van der Waals surface area contributed by atoms with Crippen LogP contribution in [-0.4, -0.2) is 13.2 Å². The summed E-state index contributed by atoms with van der Waals surface area (Å²) in [4.78, 5) is 0. The van der Waals surface area contributed by atoms with Crippen molar-refractivity contribution in [1.29, 1.82) is 0 Å². The third-order valence-electron chi connectivity index (χ3n) is 7.10. The van der Waals surface area contributed by atoms with Crippen LogP contribution < -0.4 is 0 Å². The van der Waals surface area contributed by atoms with Gasteiger partial charge < -0.3 is 9.47 Å². The van der Waals surface area contributed by atoms with Crippen LogP contribution in [-0.2, 0) is 15.9 Å². The molecule has 3 rings (SSSR count). The molecule has 1 aromatic carbocycles. The van der Waals surface area contributed by atoms with Crippen molar-refractivity contribution in [2.24, 2.45) is 17.8 Å². The van der Waals surface area contributed by atoms with Gasteiger partial charge in [0, 0.05) is 11.5 Å². The Hall–Kier alpha value is -0.930. The highest BCUT2D eigenvalue weighted by molar-refractivity contribution is 5.25. The van der Waals surface area contributed by atoms with E-state index >= 15 is 0 Å². The summed E-state index contributed by atoms with van der Waals surface area (Å²) >= 11 is 0. The van der Waals surface area contributed by atoms with E-state index in [9.17, 15) is 4.39 Å². The predicted octanol–water partition coefficient (Wildman–Crippen LogP) is 7.61. The van der Waals surface area contributed by atoms with E-state index in [0.29, 0.717) is 5.92 Å². The summed E-state index contributed by atoms with van der Waals surface area (Å²) in [5.41, 5.74) is 1.63. The molecule has 1 aliphatic heterocycles. The van der Waals surface area contributed by atoms with Gasteiger partial charge in [-0.3, -0.25) is 0 Å². The third-order valence-corrected chi connectivity index (χ3v) is 7.10. The van der Waals surface area contributed by atoms with Crippen LogP contribution in [0.1, 0.15) is 102 Å². The highest BCUT2D eigenvalue weighted by atomic mass is 19.1. The van der Waals surface area contributed by atoms with E-state index in [1.165, 1.54) is 51.4 Å². The van der Waals surface area contributed by atoms with Gasteiger partial charge in [0.05, 0.1) is 13.2 Å². The SMILES string of the molecule is CCCCCc1ccc([C@H]2OC[C@H](C3CCC(CCCCC)CC3)CO2)cc1F. The van der Waals surface area contributed by atoms with E-state index in [4.69, 9.17) is 9.47 Å². The van der Waals surface area contributed by atoms with Gasteiger partial charge in [0.1, 0.15) is 5.82 Å². The lowest BCUT2D eigenvalue weighted by Crippen LogP contribution is -2.34. The zero-order valence-corrected chi connectivity index (χ0v) is 18.6. The summed E-state index contributed by atoms with van der Waals surface area (Å²) in [6.45, 7) is 5.94. The van der Waals surface area contributed by atoms with Crippen LogP contribution in [0.15, 0.2) is 18.2 Å². The van der Waals surface area contributed by atoms with E-state index in [-0.39, 0.29) is 5.82 Å². The zero-order chi connectivity index (χ0) is 20.5. The fourth-order valence-corrected chi connectivity index (χ4v) is 5.09. The van der Waals surface area contributed by atoms with Gasteiger partial charge in [-0.05, 0) is 49.1 Å². The van der Waals surface area contributed by atoms with Gasteiger partial charge in [-0.1, -0.05) is 77.3 Å². The molecule has 0 unspecified atom stereocenters. The molecule has 1 saturated heterocycles. The number of aryl methyl sites for hydroxylation is 1. The molecule has 1 heterocycles. The predicted molar refractivity (Wildman–Crippen MR) is 117 cm³/mol. The van der Waals surface area contributed by atoms with Crippen LogP contribution >= 0.6 is 0 Å². The first kappa shape index (κ1) is 22.7. The summed E-state index contributed by atoms with van der Waals surface area (Å²) in [7, 11) is 0. The topological polar surface area (TPSA) is 18.5 Å². The van der Waals surface area contributed by atoms with Crippen molar-refractivity contribution >= 4 is 0 Å². The van der Waals surface area contributed by atoms with E-state index in [0.717, 1.165) is 61.9 Å². The van der Waals surface area contributed by atoms with E-state index in [2.05, 4.69) is 13.8 Å². The molecule has 2 fully saturated rings. The molecule has 2 nitrogen and oxygen atoms in total. The molecule has 1 aromatic rings. The molecule has 164 valence electrons. The van der Waals surface area contributed by atoms with Crippen LogP contribution in [0.4, 0.5) is 4.39 Å². The Balaban J connectivity index is 1.42. The summed E-state index contributed by atoms with van der Waals surface area (Å²) in [6, 6.07) is 5.52. The van der Waals surface area contributed by atoms with Crippen molar-refractivity contribution in [3.63, 3.8) is 0 Å². The van der Waals surface area contributed by atoms with Gasteiger partial charge in [0.15, 0.2) is 6.29 Å². The van der Waals surface area contributed by atoms with Gasteiger partial charge in [0.25, 0.3) is 0 Å². The molecule has 0 aromatic heterocycles. The number of hydrogen-bond donors (Lipinski definition) is 0. The lowest BCUT2D eigenvalue weighted by Gasteiger charge is -2.38. The van der Waals surface area contributed by atoms with Crippen LogP contribution in [0.25, 0.3) is 0 Å². The van der Waals surface area contributed by atoms with Crippen molar-refractivity contribution in [3.8, 4) is 0 Å². The molecule has 0 bridgehead atoms. The Kier molecular flexibility index (Phi) is 9.45. The Bertz CT molecular complexity index is 586. The number of benzene rings is 1. The average molecular weight is 405 g/mol. The summed E-state index contributed by atoms with van der Waals surface area (Å²) in [6.07, 6.45) is 14.7. The van der Waals surface area contributed by atoms with E-state index in [1.807, 2.05) is 12.1 Å². The largest absolute Gasteiger partial charge is 0.348 e. The highest BCUT2D eigenvalue weighted by Crippen LogP contribution is 2.38. The lowest BCUT2D eigenvalue weighted by molar-refractivity contribution is -0.214. The molecular formula is C26H41FO2. The minimum Gasteiger partial charge on any atom is -0.348 e. The van der Waals surface area contributed by atoms with Crippen molar-refractivity contribution in [3.05, 3.63) is 35.1 Å². The fourth-order valence-electron chi connectivity index (χ4n) is 5.09. The van der Waals surface area contributed by atoms with Gasteiger partial charge >= 0.3 is 0 Å². The first-order valence-electron chi connectivity index (χ1n) is 12.2. The molecule has 3 heteroatoms. The molecule has 29 heavy (non-hydrogen) atoms. The maximum absolute atomic E-state index is 14.4. The number of ether oxygens (including phenoxy) is 2. The molecule has 0 spiro atoms.